The van der Waals surface area contributed by atoms with Crippen LogP contribution in [0.2, 0.25) is 0 Å². The number of rotatable bonds is 4. The van der Waals surface area contributed by atoms with Crippen molar-refractivity contribution in [1.82, 2.24) is 10.3 Å². The average molecular weight is 241 g/mol. The largest absolute Gasteiger partial charge is 0.313 e. The third-order valence-electron chi connectivity index (χ3n) is 2.51. The van der Waals surface area contributed by atoms with Crippen molar-refractivity contribution in [2.24, 2.45) is 0 Å². The van der Waals surface area contributed by atoms with Gasteiger partial charge in [0.2, 0.25) is 10.0 Å². The van der Waals surface area contributed by atoms with E-state index in [1.165, 1.54) is 0 Å². The predicted molar refractivity (Wildman–Crippen MR) is 62.7 cm³/mol. The first-order valence-electron chi connectivity index (χ1n) is 5.31. The molecule has 1 unspecified atom stereocenters. The molecule has 1 aliphatic rings. The monoisotopic (exact) mass is 241 g/mol. The normalized spacial score (nSPS) is 20.9. The van der Waals surface area contributed by atoms with Gasteiger partial charge in [-0.05, 0) is 31.5 Å². The lowest BCUT2D eigenvalue weighted by molar-refractivity contribution is 0.581. The zero-order valence-corrected chi connectivity index (χ0v) is 9.70. The molecule has 1 aliphatic heterocycles. The predicted octanol–water partition coefficient (Wildman–Crippen LogP) is 0.575. The summed E-state index contributed by atoms with van der Waals surface area (Å²) < 4.78 is 26.0. The molecule has 1 aromatic rings. The summed E-state index contributed by atoms with van der Waals surface area (Å²) >= 11 is 0. The molecule has 0 saturated carbocycles. The van der Waals surface area contributed by atoms with E-state index in [-0.39, 0.29) is 11.8 Å². The number of hydrogen-bond donors (Lipinski definition) is 2. The number of pyridine rings is 1. The van der Waals surface area contributed by atoms with Crippen LogP contribution < -0.4 is 10.0 Å². The van der Waals surface area contributed by atoms with Gasteiger partial charge in [0.05, 0.1) is 5.75 Å². The van der Waals surface area contributed by atoms with Crippen LogP contribution in [0.25, 0.3) is 0 Å². The Kier molecular flexibility index (Phi) is 3.40. The smallest absolute Gasteiger partial charge is 0.235 e. The molecule has 88 valence electrons. The van der Waals surface area contributed by atoms with Gasteiger partial charge in [0.1, 0.15) is 5.82 Å². The van der Waals surface area contributed by atoms with Crippen molar-refractivity contribution in [2.45, 2.75) is 18.9 Å². The second kappa shape index (κ2) is 4.80. The molecule has 0 amide bonds. The highest BCUT2D eigenvalue weighted by Gasteiger charge is 2.22. The molecule has 0 aromatic carbocycles. The van der Waals surface area contributed by atoms with Crippen molar-refractivity contribution < 1.29 is 8.42 Å². The van der Waals surface area contributed by atoms with Crippen molar-refractivity contribution in [2.75, 3.05) is 17.0 Å². The van der Waals surface area contributed by atoms with Gasteiger partial charge in [-0.2, -0.15) is 0 Å². The van der Waals surface area contributed by atoms with Crippen molar-refractivity contribution in [3.8, 4) is 0 Å². The second-order valence-corrected chi connectivity index (χ2v) is 5.66. The standard InChI is InChI=1S/C10H15N3O2S/c14-16(15,8-9-4-3-7-11-9)13-10-5-1-2-6-12-10/h1-2,5-6,9,11H,3-4,7-8H2,(H,12,13). The van der Waals surface area contributed by atoms with Gasteiger partial charge in [-0.3, -0.25) is 4.72 Å². The van der Waals surface area contributed by atoms with Crippen LogP contribution in [0.4, 0.5) is 5.82 Å². The fourth-order valence-electron chi connectivity index (χ4n) is 1.79. The molecule has 0 radical (unpaired) electrons. The summed E-state index contributed by atoms with van der Waals surface area (Å²) in [6, 6.07) is 5.20. The first kappa shape index (κ1) is 11.3. The summed E-state index contributed by atoms with van der Waals surface area (Å²) in [5, 5.41) is 3.16. The highest BCUT2D eigenvalue weighted by Crippen LogP contribution is 2.10. The van der Waals surface area contributed by atoms with Crippen molar-refractivity contribution in [3.05, 3.63) is 24.4 Å². The molecule has 16 heavy (non-hydrogen) atoms. The first-order valence-corrected chi connectivity index (χ1v) is 6.96. The van der Waals surface area contributed by atoms with E-state index in [0.29, 0.717) is 5.82 Å². The number of aromatic nitrogens is 1. The van der Waals surface area contributed by atoms with Gasteiger partial charge in [0.15, 0.2) is 0 Å². The van der Waals surface area contributed by atoms with E-state index in [0.717, 1.165) is 19.4 Å². The third-order valence-corrected chi connectivity index (χ3v) is 3.87. The Morgan fingerprint density at radius 2 is 2.38 bits per heavy atom. The Bertz CT molecular complexity index is 427. The van der Waals surface area contributed by atoms with Crippen LogP contribution in [-0.4, -0.2) is 31.7 Å². The highest BCUT2D eigenvalue weighted by atomic mass is 32.2. The summed E-state index contributed by atoms with van der Waals surface area (Å²) in [5.41, 5.74) is 0. The lowest BCUT2D eigenvalue weighted by Gasteiger charge is -2.11. The van der Waals surface area contributed by atoms with Gasteiger partial charge in [-0.15, -0.1) is 0 Å². The number of nitrogens with zero attached hydrogens (tertiary/aromatic N) is 1. The van der Waals surface area contributed by atoms with Crippen LogP contribution in [0.5, 0.6) is 0 Å². The maximum absolute atomic E-state index is 11.8. The first-order chi connectivity index (χ1) is 7.66. The Balaban J connectivity index is 1.97. The topological polar surface area (TPSA) is 71.1 Å². The number of anilines is 1. The molecule has 0 bridgehead atoms. The van der Waals surface area contributed by atoms with Crippen molar-refractivity contribution in [3.63, 3.8) is 0 Å². The SMILES string of the molecule is O=S(=O)(CC1CCCN1)Nc1ccccn1. The van der Waals surface area contributed by atoms with Crippen LogP contribution in [0, 0.1) is 0 Å². The zero-order chi connectivity index (χ0) is 11.4. The molecular formula is C10H15N3O2S. The highest BCUT2D eigenvalue weighted by molar-refractivity contribution is 7.92. The van der Waals surface area contributed by atoms with Crippen molar-refractivity contribution in [1.29, 1.82) is 0 Å². The van der Waals surface area contributed by atoms with Gasteiger partial charge in [-0.25, -0.2) is 13.4 Å². The van der Waals surface area contributed by atoms with Crippen molar-refractivity contribution >= 4 is 15.8 Å². The van der Waals surface area contributed by atoms with Crippen LogP contribution in [0.3, 0.4) is 0 Å². The molecule has 0 aliphatic carbocycles. The molecule has 6 heteroatoms. The van der Waals surface area contributed by atoms with Crippen LogP contribution in [-0.2, 0) is 10.0 Å². The van der Waals surface area contributed by atoms with E-state index in [1.54, 1.807) is 24.4 Å². The Labute approximate surface area is 95.3 Å². The second-order valence-electron chi connectivity index (χ2n) is 3.89. The molecule has 2 N–H and O–H groups in total. The lowest BCUT2D eigenvalue weighted by atomic mass is 10.3. The number of sulfonamides is 1. The summed E-state index contributed by atoms with van der Waals surface area (Å²) in [4.78, 5) is 3.93. The molecule has 0 spiro atoms. The Morgan fingerprint density at radius 1 is 1.50 bits per heavy atom. The van der Waals surface area contributed by atoms with Gasteiger partial charge < -0.3 is 5.32 Å². The maximum atomic E-state index is 11.8. The minimum absolute atomic E-state index is 0.0706. The van der Waals surface area contributed by atoms with E-state index < -0.39 is 10.0 Å². The third kappa shape index (κ3) is 3.18. The fourth-order valence-corrected chi connectivity index (χ4v) is 3.12. The Morgan fingerprint density at radius 3 is 3.00 bits per heavy atom. The summed E-state index contributed by atoms with van der Waals surface area (Å²) in [7, 11) is -3.29. The van der Waals surface area contributed by atoms with E-state index in [1.807, 2.05) is 0 Å². The molecule has 2 heterocycles. The van der Waals surface area contributed by atoms with Crippen LogP contribution >= 0.6 is 0 Å². The van der Waals surface area contributed by atoms with Gasteiger partial charge in [0, 0.05) is 12.2 Å². The number of hydrogen-bond acceptors (Lipinski definition) is 4. The Hall–Kier alpha value is -1.14. The minimum Gasteiger partial charge on any atom is -0.313 e. The van der Waals surface area contributed by atoms with E-state index in [9.17, 15) is 8.42 Å². The summed E-state index contributed by atoms with van der Waals surface area (Å²) in [6.07, 6.45) is 3.53. The molecular weight excluding hydrogens is 226 g/mol. The summed E-state index contributed by atoms with van der Waals surface area (Å²) in [5.74, 6) is 0.490. The zero-order valence-electron chi connectivity index (χ0n) is 8.89. The maximum Gasteiger partial charge on any atom is 0.235 e. The fraction of sp³-hybridized carbons (Fsp3) is 0.500. The quantitative estimate of drug-likeness (QED) is 0.808. The lowest BCUT2D eigenvalue weighted by Crippen LogP contribution is -2.32. The molecule has 1 saturated heterocycles. The molecule has 1 aromatic heterocycles. The average Bonchev–Trinajstić information content (AvgIpc) is 2.70. The number of nitrogens with one attached hydrogen (secondary N) is 2. The van der Waals surface area contributed by atoms with Crippen LogP contribution in [0.15, 0.2) is 24.4 Å². The minimum atomic E-state index is -3.29. The van der Waals surface area contributed by atoms with E-state index >= 15 is 0 Å². The molecule has 1 fully saturated rings. The molecule has 5 nitrogen and oxygen atoms in total. The van der Waals surface area contributed by atoms with Gasteiger partial charge in [-0.1, -0.05) is 6.07 Å². The van der Waals surface area contributed by atoms with Crippen LogP contribution in [0.1, 0.15) is 12.8 Å². The van der Waals surface area contributed by atoms with Gasteiger partial charge >= 0.3 is 0 Å². The van der Waals surface area contributed by atoms with E-state index in [2.05, 4.69) is 15.0 Å². The van der Waals surface area contributed by atoms with Gasteiger partial charge in [0.25, 0.3) is 0 Å². The summed E-state index contributed by atoms with van der Waals surface area (Å²) in [6.45, 7) is 0.907. The molecule has 2 rings (SSSR count). The molecule has 1 atom stereocenters. The van der Waals surface area contributed by atoms with E-state index in [4.69, 9.17) is 0 Å².